The highest BCUT2D eigenvalue weighted by Crippen LogP contribution is 2.28. The SMILES string of the molecule is COc1cc(C=CC(=O)OC[C@@H]2O[C@H](O)[C@H](O[C@@H]3OC[C@@H](O)[C@H](O)[C@H]3O)[C@H]2O)ccc1O. The molecule has 32 heavy (non-hydrogen) atoms. The average molecular weight is 458 g/mol. The van der Waals surface area contributed by atoms with E-state index in [1.165, 1.54) is 25.3 Å². The van der Waals surface area contributed by atoms with Crippen LogP contribution in [0.25, 0.3) is 6.08 Å². The highest BCUT2D eigenvalue weighted by Gasteiger charge is 2.48. The molecule has 6 N–H and O–H groups in total. The number of hydrogen-bond acceptors (Lipinski definition) is 12. The lowest BCUT2D eigenvalue weighted by atomic mass is 10.1. The number of aliphatic hydroxyl groups excluding tert-OH is 5. The van der Waals surface area contributed by atoms with E-state index in [0.717, 1.165) is 6.08 Å². The summed E-state index contributed by atoms with van der Waals surface area (Å²) in [5.41, 5.74) is 0.566. The van der Waals surface area contributed by atoms with E-state index in [0.29, 0.717) is 5.56 Å². The molecule has 2 heterocycles. The Morgan fingerprint density at radius 1 is 1.16 bits per heavy atom. The van der Waals surface area contributed by atoms with Crippen LogP contribution in [-0.4, -0.2) is 106 Å². The van der Waals surface area contributed by atoms with Crippen LogP contribution in [0.5, 0.6) is 11.5 Å². The summed E-state index contributed by atoms with van der Waals surface area (Å²) >= 11 is 0. The van der Waals surface area contributed by atoms with Crippen LogP contribution < -0.4 is 4.74 Å². The Morgan fingerprint density at radius 3 is 2.62 bits per heavy atom. The first-order chi connectivity index (χ1) is 15.2. The first-order valence-corrected chi connectivity index (χ1v) is 9.76. The molecule has 2 fully saturated rings. The number of rotatable bonds is 7. The second-order valence-electron chi connectivity index (χ2n) is 7.30. The number of carbonyl (C=O) groups is 1. The fourth-order valence-corrected chi connectivity index (χ4v) is 3.23. The fraction of sp³-hybridized carbons (Fsp3) is 0.550. The monoisotopic (exact) mass is 458 g/mol. The van der Waals surface area contributed by atoms with Gasteiger partial charge in [-0.25, -0.2) is 4.79 Å². The minimum absolute atomic E-state index is 0.0493. The van der Waals surface area contributed by atoms with E-state index in [-0.39, 0.29) is 18.1 Å². The standard InChI is InChI=1S/C20H26O12/c1-28-12-6-9(2-4-10(12)21)3-5-14(23)29-8-13-16(25)18(19(27)31-13)32-20-17(26)15(24)11(22)7-30-20/h2-6,11,13,15-22,24-27H,7-8H2,1H3/t11-,13+,15+,16+,17-,18-,19+,20+/m1/s1. The molecule has 0 aliphatic carbocycles. The summed E-state index contributed by atoms with van der Waals surface area (Å²) in [7, 11) is 1.39. The molecule has 178 valence electrons. The van der Waals surface area contributed by atoms with E-state index in [2.05, 4.69) is 0 Å². The molecule has 1 aromatic carbocycles. The second-order valence-corrected chi connectivity index (χ2v) is 7.30. The van der Waals surface area contributed by atoms with Gasteiger partial charge in [-0.3, -0.25) is 0 Å². The second kappa shape index (κ2) is 10.6. The van der Waals surface area contributed by atoms with E-state index in [9.17, 15) is 35.4 Å². The summed E-state index contributed by atoms with van der Waals surface area (Å²) in [6.07, 6.45) is -8.86. The number of phenolic OH excluding ortho intramolecular Hbond substituents is 1. The van der Waals surface area contributed by atoms with Gasteiger partial charge >= 0.3 is 5.97 Å². The molecular weight excluding hydrogens is 432 g/mol. The molecule has 0 bridgehead atoms. The highest BCUT2D eigenvalue weighted by molar-refractivity contribution is 5.87. The lowest BCUT2D eigenvalue weighted by Crippen LogP contribution is -2.55. The number of phenols is 1. The summed E-state index contributed by atoms with van der Waals surface area (Å²) in [6, 6.07) is 4.47. The van der Waals surface area contributed by atoms with Crippen molar-refractivity contribution in [2.75, 3.05) is 20.3 Å². The molecule has 12 heteroatoms. The van der Waals surface area contributed by atoms with E-state index in [1.54, 1.807) is 6.07 Å². The number of benzene rings is 1. The molecule has 0 saturated carbocycles. The van der Waals surface area contributed by atoms with Crippen molar-refractivity contribution in [3.8, 4) is 11.5 Å². The largest absolute Gasteiger partial charge is 0.504 e. The van der Waals surface area contributed by atoms with Gasteiger partial charge in [-0.15, -0.1) is 0 Å². The van der Waals surface area contributed by atoms with Crippen LogP contribution in [0.2, 0.25) is 0 Å². The summed E-state index contributed by atoms with van der Waals surface area (Å²) < 4.78 is 25.6. The van der Waals surface area contributed by atoms with Crippen LogP contribution in [0.15, 0.2) is 24.3 Å². The lowest BCUT2D eigenvalue weighted by molar-refractivity contribution is -0.299. The maximum Gasteiger partial charge on any atom is 0.330 e. The van der Waals surface area contributed by atoms with Crippen LogP contribution in [0, 0.1) is 0 Å². The van der Waals surface area contributed by atoms with Crippen molar-refractivity contribution in [2.45, 2.75) is 49.2 Å². The number of hydrogen-bond donors (Lipinski definition) is 6. The topological polar surface area (TPSA) is 185 Å². The van der Waals surface area contributed by atoms with E-state index in [1.807, 2.05) is 0 Å². The Labute approximate surface area is 182 Å². The molecule has 12 nitrogen and oxygen atoms in total. The smallest absolute Gasteiger partial charge is 0.330 e. The van der Waals surface area contributed by atoms with Crippen molar-refractivity contribution in [2.24, 2.45) is 0 Å². The molecule has 2 saturated heterocycles. The van der Waals surface area contributed by atoms with Gasteiger partial charge in [-0.2, -0.15) is 0 Å². The van der Waals surface area contributed by atoms with Gasteiger partial charge in [0.05, 0.1) is 13.7 Å². The number of ether oxygens (including phenoxy) is 5. The van der Waals surface area contributed by atoms with E-state index >= 15 is 0 Å². The first-order valence-electron chi connectivity index (χ1n) is 9.76. The van der Waals surface area contributed by atoms with Gasteiger partial charge in [0.25, 0.3) is 0 Å². The highest BCUT2D eigenvalue weighted by atomic mass is 16.7. The lowest BCUT2D eigenvalue weighted by Gasteiger charge is -2.36. The van der Waals surface area contributed by atoms with Gasteiger partial charge in [-0.05, 0) is 23.8 Å². The first kappa shape index (κ1) is 24.4. The van der Waals surface area contributed by atoms with Crippen molar-refractivity contribution in [1.82, 2.24) is 0 Å². The van der Waals surface area contributed by atoms with E-state index in [4.69, 9.17) is 23.7 Å². The molecule has 2 aliphatic heterocycles. The Hall–Kier alpha value is -2.29. The zero-order valence-electron chi connectivity index (χ0n) is 17.1. The van der Waals surface area contributed by atoms with Crippen molar-refractivity contribution in [3.05, 3.63) is 29.8 Å². The van der Waals surface area contributed by atoms with E-state index < -0.39 is 61.8 Å². The van der Waals surface area contributed by atoms with Gasteiger partial charge < -0.3 is 54.3 Å². The molecule has 2 aliphatic rings. The van der Waals surface area contributed by atoms with Crippen molar-refractivity contribution < 1.29 is 59.1 Å². The van der Waals surface area contributed by atoms with Crippen molar-refractivity contribution in [3.63, 3.8) is 0 Å². The molecule has 0 spiro atoms. The summed E-state index contributed by atoms with van der Waals surface area (Å²) in [6.45, 7) is -0.724. The predicted molar refractivity (Wildman–Crippen MR) is 104 cm³/mol. The molecular formula is C20H26O12. The van der Waals surface area contributed by atoms with Crippen LogP contribution in [-0.2, 0) is 23.7 Å². The Bertz CT molecular complexity index is 814. The third-order valence-corrected chi connectivity index (χ3v) is 5.06. The fourth-order valence-electron chi connectivity index (χ4n) is 3.23. The van der Waals surface area contributed by atoms with Gasteiger partial charge in [-0.1, -0.05) is 6.07 Å². The molecule has 8 atom stereocenters. The van der Waals surface area contributed by atoms with Gasteiger partial charge in [0.2, 0.25) is 0 Å². The van der Waals surface area contributed by atoms with Crippen LogP contribution in [0.3, 0.4) is 0 Å². The number of carbonyl (C=O) groups excluding carboxylic acids is 1. The average Bonchev–Trinajstić information content (AvgIpc) is 3.04. The molecule has 0 amide bonds. The summed E-state index contributed by atoms with van der Waals surface area (Å²) in [5.74, 6) is -0.571. The molecule has 0 unspecified atom stereocenters. The molecule has 0 radical (unpaired) electrons. The predicted octanol–water partition coefficient (Wildman–Crippen LogP) is -2.14. The third kappa shape index (κ3) is 5.54. The van der Waals surface area contributed by atoms with Crippen LogP contribution in [0.1, 0.15) is 5.56 Å². The van der Waals surface area contributed by atoms with Crippen LogP contribution in [0.4, 0.5) is 0 Å². The molecule has 1 aromatic rings. The summed E-state index contributed by atoms with van der Waals surface area (Å²) in [4.78, 5) is 12.0. The van der Waals surface area contributed by atoms with Gasteiger partial charge in [0.15, 0.2) is 24.1 Å². The zero-order chi connectivity index (χ0) is 23.4. The maximum absolute atomic E-state index is 12.0. The third-order valence-electron chi connectivity index (χ3n) is 5.06. The van der Waals surface area contributed by atoms with Crippen molar-refractivity contribution >= 4 is 12.0 Å². The van der Waals surface area contributed by atoms with Crippen molar-refractivity contribution in [1.29, 1.82) is 0 Å². The number of aliphatic hydroxyl groups is 5. The normalized spacial score (nSPS) is 35.2. The minimum atomic E-state index is -1.62. The number of methoxy groups -OCH3 is 1. The molecule has 0 aromatic heterocycles. The van der Waals surface area contributed by atoms with Crippen LogP contribution >= 0.6 is 0 Å². The summed E-state index contributed by atoms with van der Waals surface area (Å²) in [5, 5.41) is 59.0. The molecule has 3 rings (SSSR count). The quantitative estimate of drug-likeness (QED) is 0.193. The van der Waals surface area contributed by atoms with Gasteiger partial charge in [0, 0.05) is 6.08 Å². The number of aromatic hydroxyl groups is 1. The maximum atomic E-state index is 12.0. The zero-order valence-corrected chi connectivity index (χ0v) is 17.1. The Kier molecular flexibility index (Phi) is 8.03. The number of esters is 1. The minimum Gasteiger partial charge on any atom is -0.504 e. The van der Waals surface area contributed by atoms with Gasteiger partial charge in [0.1, 0.15) is 43.2 Å². The Morgan fingerprint density at radius 2 is 1.91 bits per heavy atom. The Balaban J connectivity index is 1.51.